The first-order valence-electron chi connectivity index (χ1n) is 10.9. The van der Waals surface area contributed by atoms with Gasteiger partial charge in [0.15, 0.2) is 0 Å². The third kappa shape index (κ3) is 5.90. The molecule has 1 aliphatic heterocycles. The molecule has 0 aliphatic carbocycles. The second-order valence-electron chi connectivity index (χ2n) is 8.68. The number of carbonyl (C=O) groups is 1. The largest absolute Gasteiger partial charge is 0.481 e. The maximum Gasteiger partial charge on any atom is 0.307 e. The quantitative estimate of drug-likeness (QED) is 0.620. The average molecular weight is 479 g/mol. The number of hydrogen-bond donors (Lipinski definition) is 1. The average Bonchev–Trinajstić information content (AvgIpc) is 2.70. The molecule has 0 radical (unpaired) electrons. The second-order valence-corrected chi connectivity index (χ2v) is 11.0. The Hall–Kier alpha value is -1.93. The minimum atomic E-state index is -3.73. The molecule has 0 spiro atoms. The number of aryl methyl sites for hydroxylation is 2. The molecule has 6 nitrogen and oxygen atoms in total. The first-order valence-corrected chi connectivity index (χ1v) is 12.7. The predicted octanol–water partition coefficient (Wildman–Crippen LogP) is 3.99. The predicted molar refractivity (Wildman–Crippen MR) is 127 cm³/mol. The van der Waals surface area contributed by atoms with Crippen LogP contribution in [0, 0.1) is 6.92 Å². The van der Waals surface area contributed by atoms with E-state index in [1.807, 2.05) is 38.1 Å². The molecule has 1 N–H and O–H groups in total. The zero-order valence-corrected chi connectivity index (χ0v) is 20.4. The molecular weight excluding hydrogens is 448 g/mol. The summed E-state index contributed by atoms with van der Waals surface area (Å²) in [5.41, 5.74) is 2.55. The van der Waals surface area contributed by atoms with Gasteiger partial charge in [-0.3, -0.25) is 4.79 Å². The van der Waals surface area contributed by atoms with Crippen molar-refractivity contribution in [1.29, 1.82) is 0 Å². The number of carboxylic acid groups (broad SMARTS) is 1. The zero-order chi connectivity index (χ0) is 23.5. The summed E-state index contributed by atoms with van der Waals surface area (Å²) in [5.74, 6) is -0.975. The summed E-state index contributed by atoms with van der Waals surface area (Å²) in [6.45, 7) is 7.90. The Morgan fingerprint density at radius 1 is 1.09 bits per heavy atom. The first-order chi connectivity index (χ1) is 15.1. The van der Waals surface area contributed by atoms with Gasteiger partial charge in [-0.15, -0.1) is 0 Å². The molecule has 2 aromatic carbocycles. The third-order valence-corrected chi connectivity index (χ3v) is 8.38. The summed E-state index contributed by atoms with van der Waals surface area (Å²) < 4.78 is 28.5. The molecule has 8 heteroatoms. The fourth-order valence-corrected chi connectivity index (χ4v) is 6.50. The van der Waals surface area contributed by atoms with Gasteiger partial charge in [-0.1, -0.05) is 29.8 Å². The van der Waals surface area contributed by atoms with Crippen LogP contribution in [0.5, 0.6) is 0 Å². The van der Waals surface area contributed by atoms with Gasteiger partial charge in [0.05, 0.1) is 11.3 Å². The monoisotopic (exact) mass is 478 g/mol. The van der Waals surface area contributed by atoms with Crippen LogP contribution in [0.25, 0.3) is 0 Å². The fraction of sp³-hybridized carbons (Fsp3) is 0.458. The van der Waals surface area contributed by atoms with E-state index in [0.29, 0.717) is 18.7 Å². The lowest BCUT2D eigenvalue weighted by Crippen LogP contribution is -2.58. The first kappa shape index (κ1) is 24.7. The van der Waals surface area contributed by atoms with E-state index in [1.165, 1.54) is 11.6 Å². The number of piperazine rings is 1. The molecule has 0 aromatic heterocycles. The maximum absolute atomic E-state index is 13.4. The molecule has 1 aliphatic rings. The van der Waals surface area contributed by atoms with Crippen LogP contribution >= 0.6 is 11.6 Å². The highest BCUT2D eigenvalue weighted by molar-refractivity contribution is 7.89. The third-order valence-electron chi connectivity index (χ3n) is 6.00. The summed E-state index contributed by atoms with van der Waals surface area (Å²) in [6, 6.07) is 12.3. The fourth-order valence-electron chi connectivity index (χ4n) is 4.51. The van der Waals surface area contributed by atoms with Crippen molar-refractivity contribution in [2.45, 2.75) is 57.0 Å². The Bertz CT molecular complexity index is 1040. The topological polar surface area (TPSA) is 77.9 Å². The van der Waals surface area contributed by atoms with Gasteiger partial charge in [-0.2, -0.15) is 4.31 Å². The van der Waals surface area contributed by atoms with Gasteiger partial charge in [0.25, 0.3) is 0 Å². The van der Waals surface area contributed by atoms with E-state index in [4.69, 9.17) is 16.7 Å². The molecule has 3 rings (SSSR count). The van der Waals surface area contributed by atoms with Crippen molar-refractivity contribution in [2.75, 3.05) is 19.6 Å². The summed E-state index contributed by atoms with van der Waals surface area (Å²) in [5, 5.41) is 9.87. The highest BCUT2D eigenvalue weighted by Crippen LogP contribution is 2.27. The summed E-state index contributed by atoms with van der Waals surface area (Å²) in [6.07, 6.45) is 1.75. The molecule has 2 aromatic rings. The van der Waals surface area contributed by atoms with Crippen LogP contribution in [0.15, 0.2) is 47.4 Å². The summed E-state index contributed by atoms with van der Waals surface area (Å²) in [7, 11) is -3.73. The van der Waals surface area contributed by atoms with Crippen molar-refractivity contribution < 1.29 is 18.3 Å². The molecule has 0 saturated carbocycles. The van der Waals surface area contributed by atoms with Crippen molar-refractivity contribution in [2.24, 2.45) is 0 Å². The lowest BCUT2D eigenvalue weighted by atomic mass is 10.1. The SMILES string of the molecule is Cc1ccc(S(=O)(=O)N2[C@H](C)CN(CCCc3ccc(Cl)cc3)C[C@@H]2C)cc1CC(=O)O. The molecule has 174 valence electrons. The molecule has 1 fully saturated rings. The maximum atomic E-state index is 13.4. The van der Waals surface area contributed by atoms with Gasteiger partial charge in [0, 0.05) is 30.2 Å². The number of rotatable bonds is 8. The van der Waals surface area contributed by atoms with Gasteiger partial charge < -0.3 is 10.0 Å². The molecule has 1 saturated heterocycles. The van der Waals surface area contributed by atoms with Crippen LogP contribution in [0.4, 0.5) is 0 Å². The number of carboxylic acids is 1. The van der Waals surface area contributed by atoms with Crippen LogP contribution in [0.3, 0.4) is 0 Å². The number of hydrogen-bond acceptors (Lipinski definition) is 4. The Morgan fingerprint density at radius 3 is 2.31 bits per heavy atom. The van der Waals surface area contributed by atoms with E-state index in [1.54, 1.807) is 23.4 Å². The molecule has 0 unspecified atom stereocenters. The van der Waals surface area contributed by atoms with E-state index in [2.05, 4.69) is 4.90 Å². The summed E-state index contributed by atoms with van der Waals surface area (Å²) >= 11 is 5.94. The van der Waals surface area contributed by atoms with Crippen LogP contribution < -0.4 is 0 Å². The standard InChI is InChI=1S/C24H31ClN2O4S/c1-17-6-11-23(13-21(17)14-24(28)29)32(30,31)27-18(2)15-26(16-19(27)3)12-4-5-20-7-9-22(25)10-8-20/h6-11,13,18-19H,4-5,12,14-16H2,1-3H3,(H,28,29)/t18-,19+. The number of sulfonamides is 1. The van der Waals surface area contributed by atoms with Gasteiger partial charge >= 0.3 is 5.97 Å². The second kappa shape index (κ2) is 10.3. The van der Waals surface area contributed by atoms with E-state index in [0.717, 1.165) is 30.0 Å². The van der Waals surface area contributed by atoms with Gasteiger partial charge in [-0.25, -0.2) is 8.42 Å². The van der Waals surface area contributed by atoms with Crippen molar-refractivity contribution in [3.63, 3.8) is 0 Å². The Balaban J connectivity index is 1.66. The van der Waals surface area contributed by atoms with Crippen molar-refractivity contribution >= 4 is 27.6 Å². The Labute approximate surface area is 195 Å². The normalized spacial score (nSPS) is 20.4. The van der Waals surface area contributed by atoms with E-state index < -0.39 is 16.0 Å². The van der Waals surface area contributed by atoms with Crippen molar-refractivity contribution in [3.05, 3.63) is 64.2 Å². The van der Waals surface area contributed by atoms with E-state index in [-0.39, 0.29) is 23.4 Å². The number of aliphatic carboxylic acids is 1. The van der Waals surface area contributed by atoms with Crippen LogP contribution in [0.2, 0.25) is 5.02 Å². The lowest BCUT2D eigenvalue weighted by molar-refractivity contribution is -0.136. The molecular formula is C24H31ClN2O4S. The highest BCUT2D eigenvalue weighted by Gasteiger charge is 2.38. The number of halogens is 1. The van der Waals surface area contributed by atoms with Crippen molar-refractivity contribution in [3.8, 4) is 0 Å². The molecule has 1 heterocycles. The van der Waals surface area contributed by atoms with Crippen LogP contribution in [0.1, 0.15) is 37.0 Å². The Kier molecular flexibility index (Phi) is 7.98. The number of nitrogens with zero attached hydrogens (tertiary/aromatic N) is 2. The van der Waals surface area contributed by atoms with Gasteiger partial charge in [0.1, 0.15) is 0 Å². The molecule has 32 heavy (non-hydrogen) atoms. The Morgan fingerprint density at radius 2 is 1.72 bits per heavy atom. The minimum Gasteiger partial charge on any atom is -0.481 e. The van der Waals surface area contributed by atoms with Crippen LogP contribution in [-0.2, 0) is 27.7 Å². The van der Waals surface area contributed by atoms with Crippen molar-refractivity contribution in [1.82, 2.24) is 9.21 Å². The van der Waals surface area contributed by atoms with E-state index in [9.17, 15) is 13.2 Å². The van der Waals surface area contributed by atoms with E-state index >= 15 is 0 Å². The summed E-state index contributed by atoms with van der Waals surface area (Å²) in [4.78, 5) is 13.6. The molecule has 0 bridgehead atoms. The van der Waals surface area contributed by atoms with Crippen LogP contribution in [-0.4, -0.2) is 60.4 Å². The molecule has 0 amide bonds. The lowest BCUT2D eigenvalue weighted by Gasteiger charge is -2.43. The zero-order valence-electron chi connectivity index (χ0n) is 18.8. The highest BCUT2D eigenvalue weighted by atomic mass is 35.5. The van der Waals surface area contributed by atoms with Gasteiger partial charge in [0.2, 0.25) is 10.0 Å². The smallest absolute Gasteiger partial charge is 0.307 e. The number of benzene rings is 2. The minimum absolute atomic E-state index is 0.161. The van der Waals surface area contributed by atoms with Gasteiger partial charge in [-0.05, 0) is 81.1 Å². The molecule has 2 atom stereocenters.